The predicted octanol–water partition coefficient (Wildman–Crippen LogP) is 1.61. The fraction of sp³-hybridized carbons (Fsp3) is 0.286. The van der Waals surface area contributed by atoms with Crippen LogP contribution in [0.3, 0.4) is 0 Å². The van der Waals surface area contributed by atoms with E-state index in [1.807, 2.05) is 12.1 Å². The van der Waals surface area contributed by atoms with Crippen LogP contribution in [0.1, 0.15) is 21.5 Å². The number of anilines is 1. The van der Waals surface area contributed by atoms with Gasteiger partial charge in [-0.2, -0.15) is 0 Å². The summed E-state index contributed by atoms with van der Waals surface area (Å²) in [5.41, 5.74) is 2.37. The molecule has 2 aromatic rings. The number of nitrogens with zero attached hydrogens (tertiary/aromatic N) is 2. The van der Waals surface area contributed by atoms with E-state index in [9.17, 15) is 9.59 Å². The van der Waals surface area contributed by atoms with Gasteiger partial charge < -0.3 is 20.3 Å². The van der Waals surface area contributed by atoms with Crippen LogP contribution < -0.4 is 15.5 Å². The average molecular weight is 380 g/mol. The Bertz CT molecular complexity index is 826. The molecule has 0 spiro atoms. The molecule has 2 amide bonds. The Labute approximate surface area is 164 Å². The van der Waals surface area contributed by atoms with E-state index < -0.39 is 0 Å². The second-order valence-electron chi connectivity index (χ2n) is 6.38. The maximum atomic E-state index is 12.0. The van der Waals surface area contributed by atoms with Crippen molar-refractivity contribution in [3.05, 3.63) is 65.4 Å². The number of benzene rings is 1. The van der Waals surface area contributed by atoms with Crippen molar-refractivity contribution >= 4 is 23.7 Å². The molecule has 1 aromatic heterocycles. The van der Waals surface area contributed by atoms with Gasteiger partial charge in [-0.1, -0.05) is 18.2 Å². The second-order valence-corrected chi connectivity index (χ2v) is 6.38. The Morgan fingerprint density at radius 3 is 2.54 bits per heavy atom. The molecule has 0 radical (unpaired) electrons. The normalized spacial score (nSPS) is 14.1. The van der Waals surface area contributed by atoms with E-state index in [0.717, 1.165) is 43.2 Å². The minimum absolute atomic E-state index is 0.137. The molecule has 1 aliphatic heterocycles. The van der Waals surface area contributed by atoms with Crippen molar-refractivity contribution in [2.75, 3.05) is 38.3 Å². The number of carbonyl (C=O) groups excluding carboxylic acids is 2. The van der Waals surface area contributed by atoms with E-state index in [1.165, 1.54) is 6.08 Å². The lowest BCUT2D eigenvalue weighted by Crippen LogP contribution is -2.36. The van der Waals surface area contributed by atoms with E-state index in [1.54, 1.807) is 43.6 Å². The van der Waals surface area contributed by atoms with Crippen LogP contribution in [-0.2, 0) is 16.1 Å². The molecule has 1 aromatic carbocycles. The van der Waals surface area contributed by atoms with Crippen LogP contribution >= 0.6 is 0 Å². The zero-order valence-electron chi connectivity index (χ0n) is 15.9. The number of morpholine rings is 1. The summed E-state index contributed by atoms with van der Waals surface area (Å²) in [6.07, 6.45) is 4.97. The Balaban J connectivity index is 1.48. The molecular formula is C21H24N4O3. The topological polar surface area (TPSA) is 83.6 Å². The Kier molecular flexibility index (Phi) is 6.75. The van der Waals surface area contributed by atoms with Crippen LogP contribution in [-0.4, -0.2) is 50.1 Å². The van der Waals surface area contributed by atoms with Crippen LogP contribution in [0.15, 0.2) is 48.7 Å². The molecular weight excluding hydrogens is 356 g/mol. The smallest absolute Gasteiger partial charge is 0.251 e. The largest absolute Gasteiger partial charge is 0.378 e. The lowest BCUT2D eigenvalue weighted by atomic mass is 10.1. The summed E-state index contributed by atoms with van der Waals surface area (Å²) in [7, 11) is 1.59. The highest BCUT2D eigenvalue weighted by atomic mass is 16.5. The number of carbonyl (C=O) groups is 2. The van der Waals surface area contributed by atoms with Gasteiger partial charge in [0.05, 0.1) is 13.2 Å². The Morgan fingerprint density at radius 1 is 1.14 bits per heavy atom. The predicted molar refractivity (Wildman–Crippen MR) is 108 cm³/mol. The first-order valence-corrected chi connectivity index (χ1v) is 9.21. The van der Waals surface area contributed by atoms with E-state index >= 15 is 0 Å². The van der Waals surface area contributed by atoms with Crippen LogP contribution in [0.25, 0.3) is 6.08 Å². The lowest BCUT2D eigenvalue weighted by Gasteiger charge is -2.27. The van der Waals surface area contributed by atoms with E-state index in [0.29, 0.717) is 12.1 Å². The van der Waals surface area contributed by atoms with E-state index in [4.69, 9.17) is 4.74 Å². The molecule has 0 atom stereocenters. The van der Waals surface area contributed by atoms with Gasteiger partial charge >= 0.3 is 0 Å². The van der Waals surface area contributed by atoms with Gasteiger partial charge in [0, 0.05) is 44.5 Å². The summed E-state index contributed by atoms with van der Waals surface area (Å²) in [5.74, 6) is 0.604. The van der Waals surface area contributed by atoms with Gasteiger partial charge in [0.25, 0.3) is 5.91 Å². The maximum absolute atomic E-state index is 12.0. The van der Waals surface area contributed by atoms with Crippen LogP contribution in [0.5, 0.6) is 0 Å². The second kappa shape index (κ2) is 9.66. The third kappa shape index (κ3) is 5.40. The summed E-state index contributed by atoms with van der Waals surface area (Å²) in [5, 5.41) is 5.41. The van der Waals surface area contributed by atoms with Gasteiger partial charge in [-0.25, -0.2) is 4.98 Å². The van der Waals surface area contributed by atoms with Crippen LogP contribution in [0, 0.1) is 0 Å². The zero-order chi connectivity index (χ0) is 19.8. The van der Waals surface area contributed by atoms with E-state index in [-0.39, 0.29) is 11.8 Å². The first-order chi connectivity index (χ1) is 13.7. The standard InChI is InChI=1S/C21H24N4O3/c1-22-21(27)18-6-2-16(3-7-18)5-9-20(26)24-15-17-4-8-19(23-14-17)25-10-12-28-13-11-25/h2-9,14H,10-13,15H2,1H3,(H,22,27)(H,24,26)/b9-5+. The van der Waals surface area contributed by atoms with Gasteiger partial charge in [-0.15, -0.1) is 0 Å². The third-order valence-corrected chi connectivity index (χ3v) is 4.44. The van der Waals surface area contributed by atoms with Crippen LogP contribution in [0.2, 0.25) is 0 Å². The highest BCUT2D eigenvalue weighted by Crippen LogP contribution is 2.13. The van der Waals surface area contributed by atoms with Gasteiger partial charge in [-0.05, 0) is 35.4 Å². The fourth-order valence-corrected chi connectivity index (χ4v) is 2.81. The monoisotopic (exact) mass is 380 g/mol. The van der Waals surface area contributed by atoms with Crippen molar-refractivity contribution in [1.29, 1.82) is 0 Å². The number of nitrogens with one attached hydrogen (secondary N) is 2. The lowest BCUT2D eigenvalue weighted by molar-refractivity contribution is -0.116. The molecule has 2 heterocycles. The quantitative estimate of drug-likeness (QED) is 0.744. The average Bonchev–Trinajstić information content (AvgIpc) is 2.77. The van der Waals surface area contributed by atoms with Gasteiger partial charge in [0.1, 0.15) is 5.82 Å². The highest BCUT2D eigenvalue weighted by molar-refractivity contribution is 5.94. The molecule has 7 heteroatoms. The van der Waals surface area contributed by atoms with Gasteiger partial charge in [0.15, 0.2) is 0 Å². The van der Waals surface area contributed by atoms with E-state index in [2.05, 4.69) is 20.5 Å². The van der Waals surface area contributed by atoms with Gasteiger partial charge in [-0.3, -0.25) is 9.59 Å². The molecule has 2 N–H and O–H groups in total. The summed E-state index contributed by atoms with van der Waals surface area (Å²) in [4.78, 5) is 30.2. The number of hydrogen-bond donors (Lipinski definition) is 2. The zero-order valence-corrected chi connectivity index (χ0v) is 15.9. The SMILES string of the molecule is CNC(=O)c1ccc(/C=C/C(=O)NCc2ccc(N3CCOCC3)nc2)cc1. The number of ether oxygens (including phenoxy) is 1. The molecule has 146 valence electrons. The summed E-state index contributed by atoms with van der Waals surface area (Å²) >= 11 is 0. The van der Waals surface area contributed by atoms with Crippen LogP contribution in [0.4, 0.5) is 5.82 Å². The maximum Gasteiger partial charge on any atom is 0.251 e. The first kappa shape index (κ1) is 19.6. The summed E-state index contributed by atoms with van der Waals surface area (Å²) in [6.45, 7) is 3.55. The summed E-state index contributed by atoms with van der Waals surface area (Å²) < 4.78 is 5.35. The molecule has 28 heavy (non-hydrogen) atoms. The molecule has 0 unspecified atom stereocenters. The molecule has 0 aliphatic carbocycles. The molecule has 1 aliphatic rings. The van der Waals surface area contributed by atoms with Crippen molar-refractivity contribution in [3.63, 3.8) is 0 Å². The minimum Gasteiger partial charge on any atom is -0.378 e. The van der Waals surface area contributed by atoms with Crippen molar-refractivity contribution in [3.8, 4) is 0 Å². The molecule has 1 fully saturated rings. The molecule has 7 nitrogen and oxygen atoms in total. The van der Waals surface area contributed by atoms with Crippen molar-refractivity contribution in [1.82, 2.24) is 15.6 Å². The minimum atomic E-state index is -0.187. The molecule has 0 bridgehead atoms. The first-order valence-electron chi connectivity index (χ1n) is 9.21. The van der Waals surface area contributed by atoms with Gasteiger partial charge in [0.2, 0.25) is 5.91 Å². The number of hydrogen-bond acceptors (Lipinski definition) is 5. The molecule has 0 saturated carbocycles. The molecule has 1 saturated heterocycles. The number of amides is 2. The van der Waals surface area contributed by atoms with Crippen molar-refractivity contribution in [2.45, 2.75) is 6.54 Å². The summed E-state index contributed by atoms with van der Waals surface area (Å²) in [6, 6.07) is 11.0. The number of rotatable bonds is 6. The number of aromatic nitrogens is 1. The van der Waals surface area contributed by atoms with Crippen molar-refractivity contribution in [2.24, 2.45) is 0 Å². The fourth-order valence-electron chi connectivity index (χ4n) is 2.81. The Hall–Kier alpha value is -3.19. The number of pyridine rings is 1. The molecule has 3 rings (SSSR count). The third-order valence-electron chi connectivity index (χ3n) is 4.44. The highest BCUT2D eigenvalue weighted by Gasteiger charge is 2.11. The van der Waals surface area contributed by atoms with Crippen molar-refractivity contribution < 1.29 is 14.3 Å². The Morgan fingerprint density at radius 2 is 1.89 bits per heavy atom.